The van der Waals surface area contributed by atoms with Gasteiger partial charge in [-0.25, -0.2) is 4.79 Å². The minimum atomic E-state index is -4.53. The van der Waals surface area contributed by atoms with Crippen LogP contribution in [0.2, 0.25) is 5.02 Å². The topological polar surface area (TPSA) is 36.0 Å². The van der Waals surface area contributed by atoms with Crippen LogP contribution in [0.25, 0.3) is 0 Å². The number of carbonyl (C=O) groups excluding carboxylic acids is 1. The zero-order valence-electron chi connectivity index (χ0n) is 18.5. The van der Waals surface area contributed by atoms with Crippen molar-refractivity contribution in [3.8, 4) is 0 Å². The van der Waals surface area contributed by atoms with Gasteiger partial charge in [0, 0.05) is 56.5 Å². The molecule has 1 aromatic carbocycles. The minimum Gasteiger partial charge on any atom is -0.437 e. The van der Waals surface area contributed by atoms with E-state index < -0.39 is 18.4 Å². The number of ether oxygens (including phenoxy) is 1. The second-order valence-electron chi connectivity index (χ2n) is 9.52. The van der Waals surface area contributed by atoms with Crippen LogP contribution < -0.4 is 4.90 Å². The van der Waals surface area contributed by atoms with Crippen molar-refractivity contribution in [2.75, 3.05) is 44.2 Å². The molecular formula is C23H31ClF3N3O2. The van der Waals surface area contributed by atoms with Crippen molar-refractivity contribution < 1.29 is 22.7 Å². The van der Waals surface area contributed by atoms with Crippen molar-refractivity contribution in [3.05, 3.63) is 28.8 Å². The van der Waals surface area contributed by atoms with Gasteiger partial charge in [-0.3, -0.25) is 4.90 Å². The molecule has 1 atom stereocenters. The van der Waals surface area contributed by atoms with Gasteiger partial charge in [-0.1, -0.05) is 17.7 Å². The number of alkyl halides is 3. The maximum Gasteiger partial charge on any atom is 0.425 e. The molecule has 3 aliphatic rings. The number of rotatable bonds is 4. The van der Waals surface area contributed by atoms with E-state index in [0.29, 0.717) is 13.1 Å². The van der Waals surface area contributed by atoms with Crippen LogP contribution in [0.1, 0.15) is 44.6 Å². The minimum absolute atomic E-state index is 0.143. The lowest BCUT2D eigenvalue weighted by Gasteiger charge is -2.54. The lowest BCUT2D eigenvalue weighted by atomic mass is 9.72. The Hall–Kier alpha value is -1.67. The SMILES string of the molecule is CC(OC(=O)N1CCC2(CC1)CN(Cc1ccc(Cl)cc1N1CCCCC1)C2)C(F)(F)F. The van der Waals surface area contributed by atoms with Crippen LogP contribution in [0.15, 0.2) is 18.2 Å². The molecule has 5 nitrogen and oxygen atoms in total. The normalized spacial score (nSPS) is 22.5. The number of likely N-dealkylation sites (tertiary alicyclic amines) is 2. The van der Waals surface area contributed by atoms with Gasteiger partial charge in [-0.05, 0) is 62.1 Å². The predicted molar refractivity (Wildman–Crippen MR) is 118 cm³/mol. The van der Waals surface area contributed by atoms with Crippen LogP contribution in [0.4, 0.5) is 23.7 Å². The summed E-state index contributed by atoms with van der Waals surface area (Å²) in [5.41, 5.74) is 2.66. The van der Waals surface area contributed by atoms with Gasteiger partial charge in [0.25, 0.3) is 0 Å². The molecule has 3 fully saturated rings. The quantitative estimate of drug-likeness (QED) is 0.593. The molecular weight excluding hydrogens is 443 g/mol. The van der Waals surface area contributed by atoms with Gasteiger partial charge < -0.3 is 14.5 Å². The van der Waals surface area contributed by atoms with E-state index in [4.69, 9.17) is 11.6 Å². The van der Waals surface area contributed by atoms with Gasteiger partial charge in [0.05, 0.1) is 0 Å². The van der Waals surface area contributed by atoms with Crippen molar-refractivity contribution in [1.82, 2.24) is 9.80 Å². The number of halogens is 4. The highest BCUT2D eigenvalue weighted by Crippen LogP contribution is 2.42. The Morgan fingerprint density at radius 2 is 1.78 bits per heavy atom. The summed E-state index contributed by atoms with van der Waals surface area (Å²) in [5.74, 6) is 0. The number of piperidine rings is 2. The Balaban J connectivity index is 1.29. The zero-order chi connectivity index (χ0) is 22.9. The third-order valence-corrected chi connectivity index (χ3v) is 7.31. The highest BCUT2D eigenvalue weighted by molar-refractivity contribution is 6.30. The highest BCUT2D eigenvalue weighted by Gasteiger charge is 2.46. The van der Waals surface area contributed by atoms with Crippen molar-refractivity contribution in [3.63, 3.8) is 0 Å². The molecule has 0 aromatic heterocycles. The third kappa shape index (κ3) is 5.28. The van der Waals surface area contributed by atoms with Crippen LogP contribution in [-0.2, 0) is 11.3 Å². The standard InChI is InChI=1S/C23H31ClF3N3O2/c1-17(23(25,26)27)32-21(31)30-11-7-22(8-12-30)15-28(16-22)14-18-5-6-19(24)13-20(18)29-9-3-2-4-10-29/h5-6,13,17H,2-4,7-12,14-16H2,1H3. The number of anilines is 1. The predicted octanol–water partition coefficient (Wildman–Crippen LogP) is 5.32. The molecule has 178 valence electrons. The maximum atomic E-state index is 12.6. The van der Waals surface area contributed by atoms with E-state index in [9.17, 15) is 18.0 Å². The molecule has 3 saturated heterocycles. The largest absolute Gasteiger partial charge is 0.437 e. The molecule has 3 heterocycles. The zero-order valence-corrected chi connectivity index (χ0v) is 19.2. The molecule has 0 aliphatic carbocycles. The number of hydrogen-bond donors (Lipinski definition) is 0. The van der Waals surface area contributed by atoms with Gasteiger partial charge in [0.15, 0.2) is 6.10 Å². The molecule has 1 aromatic rings. The van der Waals surface area contributed by atoms with Gasteiger partial charge in [0.2, 0.25) is 0 Å². The Kier molecular flexibility index (Phi) is 6.82. The molecule has 4 rings (SSSR count). The first-order chi connectivity index (χ1) is 15.2. The van der Waals surface area contributed by atoms with E-state index in [2.05, 4.69) is 26.7 Å². The van der Waals surface area contributed by atoms with Crippen LogP contribution in [0, 0.1) is 5.41 Å². The Labute approximate surface area is 192 Å². The van der Waals surface area contributed by atoms with E-state index in [0.717, 1.165) is 57.5 Å². The monoisotopic (exact) mass is 473 g/mol. The van der Waals surface area contributed by atoms with Gasteiger partial charge in [-0.15, -0.1) is 0 Å². The molecule has 9 heteroatoms. The van der Waals surface area contributed by atoms with Crippen molar-refractivity contribution >= 4 is 23.4 Å². The maximum absolute atomic E-state index is 12.6. The van der Waals surface area contributed by atoms with Crippen LogP contribution in [0.5, 0.6) is 0 Å². The molecule has 0 bridgehead atoms. The van der Waals surface area contributed by atoms with Crippen LogP contribution in [0.3, 0.4) is 0 Å². The summed E-state index contributed by atoms with van der Waals surface area (Å²) in [6, 6.07) is 6.15. The number of hydrogen-bond acceptors (Lipinski definition) is 4. The molecule has 0 radical (unpaired) electrons. The molecule has 0 N–H and O–H groups in total. The van der Waals surface area contributed by atoms with Gasteiger partial charge in [0.1, 0.15) is 0 Å². The Morgan fingerprint density at radius 1 is 1.12 bits per heavy atom. The molecule has 1 amide bonds. The number of amides is 1. The van der Waals surface area contributed by atoms with Crippen molar-refractivity contribution in [1.29, 1.82) is 0 Å². The van der Waals surface area contributed by atoms with Crippen LogP contribution in [-0.4, -0.2) is 67.4 Å². The fraction of sp³-hybridized carbons (Fsp3) is 0.696. The lowest BCUT2D eigenvalue weighted by molar-refractivity contribution is -0.200. The Morgan fingerprint density at radius 3 is 2.41 bits per heavy atom. The van der Waals surface area contributed by atoms with Crippen molar-refractivity contribution in [2.45, 2.75) is 57.9 Å². The fourth-order valence-corrected chi connectivity index (χ4v) is 5.29. The molecule has 0 saturated carbocycles. The summed E-state index contributed by atoms with van der Waals surface area (Å²) in [5, 5.41) is 0.758. The van der Waals surface area contributed by atoms with E-state index in [1.54, 1.807) is 0 Å². The first kappa shape index (κ1) is 23.5. The van der Waals surface area contributed by atoms with Gasteiger partial charge in [-0.2, -0.15) is 13.2 Å². The highest BCUT2D eigenvalue weighted by atomic mass is 35.5. The number of carbonyl (C=O) groups is 1. The smallest absolute Gasteiger partial charge is 0.425 e. The average Bonchev–Trinajstić information content (AvgIpc) is 2.74. The van der Waals surface area contributed by atoms with Crippen LogP contribution >= 0.6 is 11.6 Å². The second-order valence-corrected chi connectivity index (χ2v) is 9.96. The van der Waals surface area contributed by atoms with E-state index in [1.807, 2.05) is 6.07 Å². The summed E-state index contributed by atoms with van der Waals surface area (Å²) in [6.45, 7) is 6.62. The summed E-state index contributed by atoms with van der Waals surface area (Å²) in [6.07, 6.45) is -2.21. The summed E-state index contributed by atoms with van der Waals surface area (Å²) in [4.78, 5) is 18.3. The summed E-state index contributed by atoms with van der Waals surface area (Å²) < 4.78 is 42.5. The summed E-state index contributed by atoms with van der Waals surface area (Å²) >= 11 is 6.29. The van der Waals surface area contributed by atoms with E-state index in [-0.39, 0.29) is 5.41 Å². The van der Waals surface area contributed by atoms with Crippen molar-refractivity contribution in [2.24, 2.45) is 5.41 Å². The molecule has 32 heavy (non-hydrogen) atoms. The van der Waals surface area contributed by atoms with E-state index in [1.165, 1.54) is 35.4 Å². The molecule has 1 spiro atoms. The third-order valence-electron chi connectivity index (χ3n) is 7.08. The lowest BCUT2D eigenvalue weighted by Crippen LogP contribution is -2.60. The fourth-order valence-electron chi connectivity index (χ4n) is 5.13. The summed E-state index contributed by atoms with van der Waals surface area (Å²) in [7, 11) is 0. The number of benzene rings is 1. The first-order valence-corrected chi connectivity index (χ1v) is 11.8. The average molecular weight is 474 g/mol. The van der Waals surface area contributed by atoms with Gasteiger partial charge >= 0.3 is 12.3 Å². The van der Waals surface area contributed by atoms with E-state index >= 15 is 0 Å². The number of nitrogens with zero attached hydrogens (tertiary/aromatic N) is 3. The molecule has 3 aliphatic heterocycles. The second kappa shape index (κ2) is 9.29. The molecule has 1 unspecified atom stereocenters. The Bertz CT molecular complexity index is 813. The first-order valence-electron chi connectivity index (χ1n) is 11.4.